The third-order valence-corrected chi connectivity index (χ3v) is 8.82. The molecule has 2 aliphatic rings. The second kappa shape index (κ2) is 10.4. The number of aromatic amines is 2. The number of benzene rings is 2. The molecule has 5 aromatic rings. The van der Waals surface area contributed by atoms with Crippen LogP contribution in [0.4, 0.5) is 0 Å². The summed E-state index contributed by atoms with van der Waals surface area (Å²) in [5.41, 5.74) is 2.21. The van der Waals surface area contributed by atoms with Gasteiger partial charge in [-0.15, -0.1) is 12.4 Å². The van der Waals surface area contributed by atoms with Crippen molar-refractivity contribution in [3.63, 3.8) is 0 Å². The van der Waals surface area contributed by atoms with E-state index in [2.05, 4.69) is 20.4 Å². The molecular weight excluding hydrogens is 549 g/mol. The molecule has 0 unspecified atom stereocenters. The van der Waals surface area contributed by atoms with Crippen molar-refractivity contribution in [2.45, 2.75) is 38.1 Å². The van der Waals surface area contributed by atoms with Crippen LogP contribution in [-0.4, -0.2) is 38.6 Å². The maximum Gasteiger partial charge on any atom is 0.276 e. The Morgan fingerprint density at radius 1 is 1.05 bits per heavy atom. The van der Waals surface area contributed by atoms with Crippen LogP contribution < -0.4 is 15.6 Å². The molecule has 8 nitrogen and oxygen atoms in total. The lowest BCUT2D eigenvalue weighted by Crippen LogP contribution is -2.33. The number of H-pyrrole nitrogens is 2. The van der Waals surface area contributed by atoms with Gasteiger partial charge in [0.1, 0.15) is 17.1 Å². The topological polar surface area (TPSA) is 105 Å². The molecule has 1 spiro atoms. The van der Waals surface area contributed by atoms with Gasteiger partial charge in [-0.05, 0) is 68.3 Å². The lowest BCUT2D eigenvalue weighted by molar-refractivity contribution is 0.104. The van der Waals surface area contributed by atoms with Crippen molar-refractivity contribution < 1.29 is 9.53 Å². The van der Waals surface area contributed by atoms with E-state index in [9.17, 15) is 9.59 Å². The summed E-state index contributed by atoms with van der Waals surface area (Å²) in [7, 11) is 0. The van der Waals surface area contributed by atoms with Crippen LogP contribution in [0, 0.1) is 5.41 Å². The van der Waals surface area contributed by atoms with Crippen molar-refractivity contribution in [3.05, 3.63) is 87.4 Å². The highest BCUT2D eigenvalue weighted by Crippen LogP contribution is 2.44. The summed E-state index contributed by atoms with van der Waals surface area (Å²) >= 11 is 6.57. The van der Waals surface area contributed by atoms with Crippen molar-refractivity contribution in [2.75, 3.05) is 13.1 Å². The number of ether oxygens (including phenoxy) is 1. The fourth-order valence-electron chi connectivity index (χ4n) is 6.32. The largest absolute Gasteiger partial charge is 0.457 e. The molecule has 40 heavy (non-hydrogen) atoms. The highest BCUT2D eigenvalue weighted by atomic mass is 35.5. The summed E-state index contributed by atoms with van der Waals surface area (Å²) in [6.45, 7) is 2.15. The number of carbonyl (C=O) groups excluding carboxylic acids is 1. The fraction of sp³-hybridized carbons (Fsp3) is 0.300. The number of nitrogens with zero attached hydrogens (tertiary/aromatic N) is 2. The molecule has 1 saturated heterocycles. The van der Waals surface area contributed by atoms with Crippen LogP contribution in [0.25, 0.3) is 21.9 Å². The Hall–Kier alpha value is -3.59. The van der Waals surface area contributed by atoms with Crippen LogP contribution in [0.15, 0.2) is 65.7 Å². The van der Waals surface area contributed by atoms with Gasteiger partial charge in [0.05, 0.1) is 32.9 Å². The monoisotopic (exact) mass is 577 g/mol. The van der Waals surface area contributed by atoms with Gasteiger partial charge in [0, 0.05) is 30.6 Å². The van der Waals surface area contributed by atoms with E-state index in [-0.39, 0.29) is 34.8 Å². The number of nitrogens with one attached hydrogen (secondary N) is 3. The Morgan fingerprint density at radius 2 is 1.85 bits per heavy atom. The van der Waals surface area contributed by atoms with Gasteiger partial charge in [-0.3, -0.25) is 14.7 Å². The van der Waals surface area contributed by atoms with E-state index in [0.29, 0.717) is 50.0 Å². The maximum absolute atomic E-state index is 13.7. The summed E-state index contributed by atoms with van der Waals surface area (Å²) in [6.07, 6.45) is 8.56. The van der Waals surface area contributed by atoms with E-state index in [1.54, 1.807) is 35.3 Å². The summed E-state index contributed by atoms with van der Waals surface area (Å²) in [5, 5.41) is 8.23. The number of hydrogen-bond donors (Lipinski definition) is 3. The first-order chi connectivity index (χ1) is 19.0. The van der Waals surface area contributed by atoms with Crippen LogP contribution in [0.5, 0.6) is 11.5 Å². The molecule has 0 atom stereocenters. The summed E-state index contributed by atoms with van der Waals surface area (Å²) in [5.74, 6) is 0.961. The Balaban J connectivity index is 0.00000289. The van der Waals surface area contributed by atoms with Crippen molar-refractivity contribution in [1.82, 2.24) is 25.1 Å². The molecule has 1 aliphatic carbocycles. The number of halogens is 2. The number of carbonyl (C=O) groups is 1. The molecule has 0 bridgehead atoms. The third-order valence-electron chi connectivity index (χ3n) is 8.50. The fourth-order valence-corrected chi connectivity index (χ4v) is 6.58. The van der Waals surface area contributed by atoms with E-state index in [4.69, 9.17) is 16.3 Å². The van der Waals surface area contributed by atoms with Crippen LogP contribution in [0.3, 0.4) is 0 Å². The average molecular weight is 579 g/mol. The Labute approximate surface area is 241 Å². The molecule has 0 radical (unpaired) electrons. The predicted molar refractivity (Wildman–Crippen MR) is 158 cm³/mol. The molecule has 1 saturated carbocycles. The van der Waals surface area contributed by atoms with Crippen molar-refractivity contribution >= 4 is 51.7 Å². The lowest BCUT2D eigenvalue weighted by Gasteiger charge is -2.36. The average Bonchev–Trinajstić information content (AvgIpc) is 3.67. The number of aromatic nitrogens is 4. The number of pyridine rings is 1. The van der Waals surface area contributed by atoms with E-state index in [1.165, 1.54) is 6.42 Å². The van der Waals surface area contributed by atoms with Crippen molar-refractivity contribution in [3.8, 4) is 11.5 Å². The quantitative estimate of drug-likeness (QED) is 0.210. The zero-order chi connectivity index (χ0) is 26.6. The molecule has 206 valence electrons. The highest BCUT2D eigenvalue weighted by molar-refractivity contribution is 6.36. The predicted octanol–water partition coefficient (Wildman–Crippen LogP) is 6.40. The van der Waals surface area contributed by atoms with Gasteiger partial charge in [0.15, 0.2) is 5.78 Å². The van der Waals surface area contributed by atoms with Gasteiger partial charge in [-0.2, -0.15) is 0 Å². The zero-order valence-electron chi connectivity index (χ0n) is 21.7. The molecule has 10 heteroatoms. The van der Waals surface area contributed by atoms with E-state index >= 15 is 0 Å². The third kappa shape index (κ3) is 4.50. The first kappa shape index (κ1) is 26.6. The van der Waals surface area contributed by atoms with Crippen LogP contribution in [-0.2, 0) is 0 Å². The second-order valence-electron chi connectivity index (χ2n) is 10.8. The minimum absolute atomic E-state index is 0. The molecule has 1 aliphatic heterocycles. The molecule has 4 heterocycles. The second-order valence-corrected chi connectivity index (χ2v) is 11.2. The first-order valence-electron chi connectivity index (χ1n) is 13.4. The van der Waals surface area contributed by atoms with Gasteiger partial charge in [-0.1, -0.05) is 29.8 Å². The van der Waals surface area contributed by atoms with Crippen LogP contribution in [0.1, 0.15) is 54.1 Å². The number of hydrogen-bond acceptors (Lipinski definition) is 5. The zero-order valence-corrected chi connectivity index (χ0v) is 23.3. The minimum Gasteiger partial charge on any atom is -0.457 e. The molecule has 3 aromatic heterocycles. The SMILES string of the molecule is Cl.O=C(c1ccc(Oc2ccccc2)cc1Cl)c1c[nH]c2ncc3c(=O)n(C4CCC5(CCNC5)CC4)[nH]c3c12. The number of ketones is 1. The Bertz CT molecular complexity index is 1760. The molecular formula is C30H29Cl2N5O3. The lowest BCUT2D eigenvalue weighted by atomic mass is 9.72. The summed E-state index contributed by atoms with van der Waals surface area (Å²) in [4.78, 5) is 34.7. The van der Waals surface area contributed by atoms with Crippen molar-refractivity contribution in [2.24, 2.45) is 5.41 Å². The van der Waals surface area contributed by atoms with Crippen molar-refractivity contribution in [1.29, 1.82) is 0 Å². The molecule has 3 N–H and O–H groups in total. The Kier molecular flexibility index (Phi) is 6.94. The summed E-state index contributed by atoms with van der Waals surface area (Å²) < 4.78 is 7.61. The molecule has 2 fully saturated rings. The molecule has 0 amide bonds. The van der Waals surface area contributed by atoms with Gasteiger partial charge in [0.2, 0.25) is 0 Å². The van der Waals surface area contributed by atoms with E-state index in [1.807, 2.05) is 30.3 Å². The molecule has 2 aromatic carbocycles. The number of para-hydroxylation sites is 1. The number of fused-ring (bicyclic) bond motifs is 3. The normalized spacial score (nSPS) is 20.7. The highest BCUT2D eigenvalue weighted by Gasteiger charge is 2.38. The van der Waals surface area contributed by atoms with Gasteiger partial charge >= 0.3 is 0 Å². The van der Waals surface area contributed by atoms with E-state index in [0.717, 1.165) is 38.8 Å². The van der Waals surface area contributed by atoms with Gasteiger partial charge in [-0.25, -0.2) is 9.67 Å². The van der Waals surface area contributed by atoms with Gasteiger partial charge in [0.25, 0.3) is 5.56 Å². The van der Waals surface area contributed by atoms with Gasteiger partial charge < -0.3 is 15.0 Å². The maximum atomic E-state index is 13.7. The first-order valence-corrected chi connectivity index (χ1v) is 13.8. The van der Waals surface area contributed by atoms with Crippen LogP contribution >= 0.6 is 24.0 Å². The van der Waals surface area contributed by atoms with Crippen LogP contribution in [0.2, 0.25) is 5.02 Å². The number of rotatable bonds is 5. The van der Waals surface area contributed by atoms with E-state index < -0.39 is 0 Å². The summed E-state index contributed by atoms with van der Waals surface area (Å²) in [6, 6.07) is 14.5. The minimum atomic E-state index is -0.256. The standard InChI is InChI=1S/C30H28ClN5O3.ClH/c31-24-14-20(39-19-4-2-1-3-5-19)6-7-21(24)27(37)22-15-33-28-25(22)26-23(16-34-28)29(38)36(35-26)18-8-10-30(11-9-18)12-13-32-17-30;/h1-7,14-16,18,32,35H,8-13,17H2,(H,33,34);1H. The Morgan fingerprint density at radius 3 is 2.58 bits per heavy atom. The smallest absolute Gasteiger partial charge is 0.276 e. The molecule has 7 rings (SSSR count).